The highest BCUT2D eigenvalue weighted by Crippen LogP contribution is 2.09. The Labute approximate surface area is 97.8 Å². The van der Waals surface area contributed by atoms with Crippen LogP contribution in [0, 0.1) is 5.92 Å². The Morgan fingerprint density at radius 1 is 1.31 bits per heavy atom. The lowest BCUT2D eigenvalue weighted by atomic mass is 10.1. The molecule has 0 aliphatic rings. The summed E-state index contributed by atoms with van der Waals surface area (Å²) in [5, 5.41) is 3.08. The minimum absolute atomic E-state index is 0.484. The Bertz CT molecular complexity index is 339. The zero-order chi connectivity index (χ0) is 12.0. The van der Waals surface area contributed by atoms with Crippen molar-refractivity contribution in [2.24, 2.45) is 16.6 Å². The third kappa shape index (κ3) is 4.34. The highest BCUT2D eigenvalue weighted by Gasteiger charge is 1.96. The number of nitrogens with zero attached hydrogens (tertiary/aromatic N) is 1. The van der Waals surface area contributed by atoms with Gasteiger partial charge in [-0.15, -0.1) is 0 Å². The van der Waals surface area contributed by atoms with Gasteiger partial charge in [-0.05, 0) is 30.0 Å². The SMILES string of the molecule is CCc1ccc(NC(N)=NCC(C)C)cc1. The molecule has 0 heterocycles. The monoisotopic (exact) mass is 219 g/mol. The van der Waals surface area contributed by atoms with Gasteiger partial charge in [0.15, 0.2) is 5.96 Å². The van der Waals surface area contributed by atoms with E-state index >= 15 is 0 Å². The Morgan fingerprint density at radius 3 is 2.44 bits per heavy atom. The number of rotatable bonds is 4. The molecule has 0 saturated heterocycles. The number of hydrogen-bond donors (Lipinski definition) is 2. The number of nitrogens with two attached hydrogens (primary N) is 1. The largest absolute Gasteiger partial charge is 0.370 e. The van der Waals surface area contributed by atoms with Gasteiger partial charge >= 0.3 is 0 Å². The second kappa shape index (κ2) is 6.16. The van der Waals surface area contributed by atoms with Gasteiger partial charge in [-0.1, -0.05) is 32.9 Å². The minimum Gasteiger partial charge on any atom is -0.370 e. The molecule has 0 aromatic heterocycles. The van der Waals surface area contributed by atoms with Gasteiger partial charge in [-0.25, -0.2) is 0 Å². The van der Waals surface area contributed by atoms with Gasteiger partial charge in [0.2, 0.25) is 0 Å². The number of anilines is 1. The predicted octanol–water partition coefficient (Wildman–Crippen LogP) is 2.63. The zero-order valence-corrected chi connectivity index (χ0v) is 10.3. The molecule has 3 nitrogen and oxygen atoms in total. The molecule has 0 unspecified atom stereocenters. The van der Waals surface area contributed by atoms with Crippen LogP contribution in [0.5, 0.6) is 0 Å². The molecule has 0 radical (unpaired) electrons. The molecule has 0 fully saturated rings. The van der Waals surface area contributed by atoms with Gasteiger partial charge in [-0.2, -0.15) is 0 Å². The van der Waals surface area contributed by atoms with Crippen LogP contribution in [0.15, 0.2) is 29.3 Å². The van der Waals surface area contributed by atoms with Crippen molar-refractivity contribution in [1.82, 2.24) is 0 Å². The number of aliphatic imine (C=N–C) groups is 1. The first kappa shape index (κ1) is 12.6. The topological polar surface area (TPSA) is 50.4 Å². The van der Waals surface area contributed by atoms with Gasteiger partial charge in [0, 0.05) is 12.2 Å². The van der Waals surface area contributed by atoms with Crippen LogP contribution < -0.4 is 11.1 Å². The first-order valence-corrected chi connectivity index (χ1v) is 5.77. The molecule has 0 aliphatic heterocycles. The molecule has 0 spiro atoms. The van der Waals surface area contributed by atoms with E-state index in [1.807, 2.05) is 12.1 Å². The van der Waals surface area contributed by atoms with E-state index in [9.17, 15) is 0 Å². The van der Waals surface area contributed by atoms with Crippen LogP contribution in [0.3, 0.4) is 0 Å². The first-order chi connectivity index (χ1) is 7.61. The van der Waals surface area contributed by atoms with E-state index in [4.69, 9.17) is 5.73 Å². The summed E-state index contributed by atoms with van der Waals surface area (Å²) in [6, 6.07) is 8.24. The third-order valence-corrected chi connectivity index (χ3v) is 2.26. The van der Waals surface area contributed by atoms with Crippen LogP contribution in [0.1, 0.15) is 26.3 Å². The zero-order valence-electron chi connectivity index (χ0n) is 10.3. The van der Waals surface area contributed by atoms with Crippen LogP contribution in [-0.4, -0.2) is 12.5 Å². The molecule has 0 saturated carbocycles. The molecule has 3 N–H and O–H groups in total. The van der Waals surface area contributed by atoms with Gasteiger partial charge in [-0.3, -0.25) is 4.99 Å². The summed E-state index contributed by atoms with van der Waals surface area (Å²) in [6.07, 6.45) is 1.05. The van der Waals surface area contributed by atoms with E-state index in [2.05, 4.69) is 43.2 Å². The Morgan fingerprint density at radius 2 is 1.94 bits per heavy atom. The van der Waals surface area contributed by atoms with Gasteiger partial charge < -0.3 is 11.1 Å². The Kier molecular flexibility index (Phi) is 4.83. The van der Waals surface area contributed by atoms with Crippen LogP contribution in [0.4, 0.5) is 5.69 Å². The second-order valence-corrected chi connectivity index (χ2v) is 4.30. The number of aryl methyl sites for hydroxylation is 1. The van der Waals surface area contributed by atoms with E-state index < -0.39 is 0 Å². The van der Waals surface area contributed by atoms with E-state index in [0.717, 1.165) is 18.7 Å². The second-order valence-electron chi connectivity index (χ2n) is 4.30. The lowest BCUT2D eigenvalue weighted by molar-refractivity contribution is 0.665. The summed E-state index contributed by atoms with van der Waals surface area (Å²) in [4.78, 5) is 4.24. The van der Waals surface area contributed by atoms with Crippen molar-refractivity contribution < 1.29 is 0 Å². The summed E-state index contributed by atoms with van der Waals surface area (Å²) in [5.74, 6) is 1.01. The summed E-state index contributed by atoms with van der Waals surface area (Å²) in [6.45, 7) is 7.13. The quantitative estimate of drug-likeness (QED) is 0.604. The average Bonchev–Trinajstić information content (AvgIpc) is 2.27. The Balaban J connectivity index is 2.55. The molecular weight excluding hydrogens is 198 g/mol. The molecule has 1 rings (SSSR count). The molecule has 0 bridgehead atoms. The van der Waals surface area contributed by atoms with Crippen LogP contribution >= 0.6 is 0 Å². The summed E-state index contributed by atoms with van der Waals surface area (Å²) < 4.78 is 0. The van der Waals surface area contributed by atoms with Gasteiger partial charge in [0.25, 0.3) is 0 Å². The lowest BCUT2D eigenvalue weighted by Crippen LogP contribution is -2.23. The molecular formula is C13H21N3. The van der Waals surface area contributed by atoms with Crippen molar-refractivity contribution in [2.75, 3.05) is 11.9 Å². The van der Waals surface area contributed by atoms with Crippen molar-refractivity contribution in [2.45, 2.75) is 27.2 Å². The third-order valence-electron chi connectivity index (χ3n) is 2.26. The fourth-order valence-electron chi connectivity index (χ4n) is 1.29. The molecule has 0 aliphatic carbocycles. The van der Waals surface area contributed by atoms with Crippen LogP contribution in [0.2, 0.25) is 0 Å². The van der Waals surface area contributed by atoms with E-state index in [1.54, 1.807) is 0 Å². The molecule has 0 amide bonds. The molecule has 1 aromatic carbocycles. The van der Waals surface area contributed by atoms with E-state index in [0.29, 0.717) is 11.9 Å². The van der Waals surface area contributed by atoms with E-state index in [1.165, 1.54) is 5.56 Å². The van der Waals surface area contributed by atoms with Crippen molar-refractivity contribution in [3.63, 3.8) is 0 Å². The highest BCUT2D eigenvalue weighted by molar-refractivity contribution is 5.92. The standard InChI is InChI=1S/C13H21N3/c1-4-11-5-7-12(8-6-11)16-13(14)15-9-10(2)3/h5-8,10H,4,9H2,1-3H3,(H3,14,15,16). The fourth-order valence-corrected chi connectivity index (χ4v) is 1.29. The average molecular weight is 219 g/mol. The minimum atomic E-state index is 0.484. The molecule has 3 heteroatoms. The summed E-state index contributed by atoms with van der Waals surface area (Å²) in [5.41, 5.74) is 8.07. The Hall–Kier alpha value is -1.51. The molecule has 16 heavy (non-hydrogen) atoms. The smallest absolute Gasteiger partial charge is 0.193 e. The number of guanidine groups is 1. The molecule has 0 atom stereocenters. The van der Waals surface area contributed by atoms with Crippen molar-refractivity contribution in [3.8, 4) is 0 Å². The lowest BCUT2D eigenvalue weighted by Gasteiger charge is -2.07. The first-order valence-electron chi connectivity index (χ1n) is 5.77. The maximum Gasteiger partial charge on any atom is 0.193 e. The normalized spacial score (nSPS) is 11.9. The summed E-state index contributed by atoms with van der Waals surface area (Å²) >= 11 is 0. The van der Waals surface area contributed by atoms with Crippen molar-refractivity contribution in [3.05, 3.63) is 29.8 Å². The van der Waals surface area contributed by atoms with Crippen LogP contribution in [0.25, 0.3) is 0 Å². The number of hydrogen-bond acceptors (Lipinski definition) is 1. The van der Waals surface area contributed by atoms with E-state index in [-0.39, 0.29) is 0 Å². The molecule has 1 aromatic rings. The number of benzene rings is 1. The van der Waals surface area contributed by atoms with Gasteiger partial charge in [0.1, 0.15) is 0 Å². The predicted molar refractivity (Wildman–Crippen MR) is 70.8 cm³/mol. The highest BCUT2D eigenvalue weighted by atomic mass is 15.1. The maximum absolute atomic E-state index is 5.76. The summed E-state index contributed by atoms with van der Waals surface area (Å²) in [7, 11) is 0. The molecule has 88 valence electrons. The fraction of sp³-hybridized carbons (Fsp3) is 0.462. The van der Waals surface area contributed by atoms with Crippen molar-refractivity contribution >= 4 is 11.6 Å². The van der Waals surface area contributed by atoms with Crippen LogP contribution in [-0.2, 0) is 6.42 Å². The number of nitrogens with one attached hydrogen (secondary N) is 1. The van der Waals surface area contributed by atoms with Crippen molar-refractivity contribution in [1.29, 1.82) is 0 Å². The maximum atomic E-state index is 5.76. The van der Waals surface area contributed by atoms with Gasteiger partial charge in [0.05, 0.1) is 0 Å².